The lowest BCUT2D eigenvalue weighted by Gasteiger charge is -2.33. The van der Waals surface area contributed by atoms with Gasteiger partial charge in [-0.25, -0.2) is 4.79 Å². The average molecular weight is 597 g/mol. The van der Waals surface area contributed by atoms with Crippen molar-refractivity contribution in [2.24, 2.45) is 5.92 Å². The van der Waals surface area contributed by atoms with E-state index in [1.807, 2.05) is 68.5 Å². The molecule has 2 bridgehead atoms. The topological polar surface area (TPSA) is 88.1 Å². The first kappa shape index (κ1) is 31.3. The van der Waals surface area contributed by atoms with E-state index < -0.39 is 12.1 Å². The van der Waals surface area contributed by atoms with Gasteiger partial charge in [0.1, 0.15) is 18.4 Å². The summed E-state index contributed by atoms with van der Waals surface area (Å²) in [5.74, 6) is 0.362. The van der Waals surface area contributed by atoms with Crippen LogP contribution in [0.25, 0.3) is 11.1 Å². The number of fused-ring (bicyclic) bond motifs is 19. The Kier molecular flexibility index (Phi) is 10.7. The fourth-order valence-corrected chi connectivity index (χ4v) is 6.14. The number of nitrogens with zero attached hydrogens (tertiary/aromatic N) is 1. The van der Waals surface area contributed by atoms with Crippen LogP contribution in [0.4, 0.5) is 4.79 Å². The van der Waals surface area contributed by atoms with Gasteiger partial charge < -0.3 is 19.9 Å². The molecule has 3 aromatic carbocycles. The van der Waals surface area contributed by atoms with Crippen LogP contribution in [0.2, 0.25) is 0 Å². The summed E-state index contributed by atoms with van der Waals surface area (Å²) < 4.78 is 11.9. The number of allylic oxidation sites excluding steroid dienone is 1. The zero-order chi connectivity index (χ0) is 30.9. The summed E-state index contributed by atoms with van der Waals surface area (Å²) in [7, 11) is 0. The van der Waals surface area contributed by atoms with Crippen LogP contribution >= 0.6 is 0 Å². The monoisotopic (exact) mass is 596 g/mol. The number of carbonyl (C=O) groups excluding carboxylic acids is 1. The maximum atomic E-state index is 14.1. The third kappa shape index (κ3) is 7.69. The fourth-order valence-electron chi connectivity index (χ4n) is 6.14. The van der Waals surface area contributed by atoms with E-state index in [0.717, 1.165) is 59.3 Å². The van der Waals surface area contributed by atoms with E-state index >= 15 is 0 Å². The standard InChI is InChI=1S/C37H44N2O5/c1-26(2)34-25-43-21-11-5-3-4-6-12-22-44-28-19-17-27(18-20-28)23-35(36(40)38-34)39(37(41)42)24-33-31-15-9-7-13-29(31)30-14-8-10-16-32(30)33/h6-10,12-20,26,33-35H,3-5,11,21-25H2,1-2H3,(H,38,40)(H,41,42)/t34-,35-/m1/s1. The Balaban J connectivity index is 1.46. The minimum atomic E-state index is -1.12. The van der Waals surface area contributed by atoms with E-state index in [9.17, 15) is 14.7 Å². The molecule has 0 saturated heterocycles. The first-order chi connectivity index (χ1) is 21.4. The summed E-state index contributed by atoms with van der Waals surface area (Å²) in [6, 6.07) is 22.7. The van der Waals surface area contributed by atoms with Gasteiger partial charge in [-0.05, 0) is 65.1 Å². The van der Waals surface area contributed by atoms with Gasteiger partial charge in [-0.1, -0.05) is 93.1 Å². The zero-order valence-electron chi connectivity index (χ0n) is 25.8. The van der Waals surface area contributed by atoms with Gasteiger partial charge in [-0.3, -0.25) is 9.69 Å². The van der Waals surface area contributed by atoms with Crippen LogP contribution in [0.1, 0.15) is 62.1 Å². The summed E-state index contributed by atoms with van der Waals surface area (Å²) in [6.07, 6.45) is 7.42. The van der Waals surface area contributed by atoms with Crippen molar-refractivity contribution in [2.75, 3.05) is 26.4 Å². The van der Waals surface area contributed by atoms with Gasteiger partial charge in [0, 0.05) is 25.5 Å². The molecular formula is C37H44N2O5. The van der Waals surface area contributed by atoms with Crippen molar-refractivity contribution in [2.45, 2.75) is 64.0 Å². The molecule has 44 heavy (non-hydrogen) atoms. The first-order valence-corrected chi connectivity index (χ1v) is 15.8. The van der Waals surface area contributed by atoms with Gasteiger partial charge in [0.05, 0.1) is 12.6 Å². The molecule has 2 N–H and O–H groups in total. The highest BCUT2D eigenvalue weighted by Gasteiger charge is 2.37. The normalized spacial score (nSPS) is 19.9. The lowest BCUT2D eigenvalue weighted by molar-refractivity contribution is -0.127. The van der Waals surface area contributed by atoms with Crippen LogP contribution in [0, 0.1) is 5.92 Å². The highest BCUT2D eigenvalue weighted by Crippen LogP contribution is 2.45. The summed E-state index contributed by atoms with van der Waals surface area (Å²) in [6.45, 7) is 5.77. The van der Waals surface area contributed by atoms with Gasteiger partial charge in [-0.15, -0.1) is 0 Å². The lowest BCUT2D eigenvalue weighted by Crippen LogP contribution is -2.55. The second-order valence-corrected chi connectivity index (χ2v) is 12.1. The molecule has 2 atom stereocenters. The first-order valence-electron chi connectivity index (χ1n) is 15.8. The predicted molar refractivity (Wildman–Crippen MR) is 173 cm³/mol. The number of ether oxygens (including phenoxy) is 2. The van der Waals surface area contributed by atoms with E-state index in [4.69, 9.17) is 9.47 Å². The molecule has 3 aliphatic rings. The van der Waals surface area contributed by atoms with Crippen LogP contribution in [0.15, 0.2) is 84.9 Å². The quantitative estimate of drug-likeness (QED) is 0.315. The fraction of sp³-hybridized carbons (Fsp3) is 0.405. The summed E-state index contributed by atoms with van der Waals surface area (Å²) in [5.41, 5.74) is 5.24. The molecule has 0 radical (unpaired) electrons. The lowest BCUT2D eigenvalue weighted by atomic mass is 9.94. The Bertz CT molecular complexity index is 1390. The summed E-state index contributed by atoms with van der Waals surface area (Å²) in [5, 5.41) is 13.8. The van der Waals surface area contributed by atoms with E-state index in [0.29, 0.717) is 19.8 Å². The molecule has 1 aliphatic carbocycles. The van der Waals surface area contributed by atoms with Gasteiger partial charge >= 0.3 is 6.09 Å². The average Bonchev–Trinajstić information content (AvgIpc) is 3.34. The zero-order valence-corrected chi connectivity index (χ0v) is 25.8. The van der Waals surface area contributed by atoms with Crippen molar-refractivity contribution >= 4 is 12.0 Å². The highest BCUT2D eigenvalue weighted by molar-refractivity contribution is 5.86. The Morgan fingerprint density at radius 3 is 2.27 bits per heavy atom. The number of hydrogen-bond acceptors (Lipinski definition) is 4. The number of hydrogen-bond donors (Lipinski definition) is 2. The van der Waals surface area contributed by atoms with Crippen molar-refractivity contribution < 1.29 is 24.2 Å². The van der Waals surface area contributed by atoms with Gasteiger partial charge in [0.15, 0.2) is 0 Å². The van der Waals surface area contributed by atoms with Gasteiger partial charge in [0.25, 0.3) is 0 Å². The predicted octanol–water partition coefficient (Wildman–Crippen LogP) is 7.06. The third-order valence-electron chi connectivity index (χ3n) is 8.72. The molecule has 0 spiro atoms. The van der Waals surface area contributed by atoms with E-state index in [1.165, 1.54) is 4.90 Å². The van der Waals surface area contributed by atoms with Crippen LogP contribution in [0.3, 0.4) is 0 Å². The minimum Gasteiger partial charge on any atom is -0.490 e. The molecule has 0 saturated carbocycles. The van der Waals surface area contributed by atoms with Crippen LogP contribution < -0.4 is 10.1 Å². The van der Waals surface area contributed by atoms with E-state index in [1.54, 1.807) is 0 Å². The summed E-state index contributed by atoms with van der Waals surface area (Å²) in [4.78, 5) is 28.5. The molecule has 0 unspecified atom stereocenters. The van der Waals surface area contributed by atoms with E-state index in [-0.39, 0.29) is 36.8 Å². The second kappa shape index (κ2) is 15.1. The van der Waals surface area contributed by atoms with Crippen molar-refractivity contribution in [3.63, 3.8) is 0 Å². The molecule has 2 aliphatic heterocycles. The molecule has 2 heterocycles. The Labute approximate surface area is 260 Å². The van der Waals surface area contributed by atoms with Crippen LogP contribution in [0.5, 0.6) is 5.75 Å². The molecule has 6 rings (SSSR count). The molecule has 7 nitrogen and oxygen atoms in total. The van der Waals surface area contributed by atoms with Crippen molar-refractivity contribution in [3.8, 4) is 16.9 Å². The highest BCUT2D eigenvalue weighted by atomic mass is 16.5. The smallest absolute Gasteiger partial charge is 0.408 e. The largest absolute Gasteiger partial charge is 0.490 e. The molecule has 2 amide bonds. The number of nitrogens with one attached hydrogen (secondary N) is 1. The maximum Gasteiger partial charge on any atom is 0.408 e. The molecule has 7 heteroatoms. The molecule has 0 aromatic heterocycles. The maximum absolute atomic E-state index is 14.1. The second-order valence-electron chi connectivity index (χ2n) is 12.1. The molecule has 232 valence electrons. The summed E-state index contributed by atoms with van der Waals surface area (Å²) >= 11 is 0. The molecule has 0 fully saturated rings. The van der Waals surface area contributed by atoms with Crippen molar-refractivity contribution in [3.05, 3.63) is 102 Å². The number of carboxylic acid groups (broad SMARTS) is 1. The molecule has 3 aromatic rings. The number of carbonyl (C=O) groups is 2. The number of rotatable bonds is 4. The van der Waals surface area contributed by atoms with Crippen molar-refractivity contribution in [1.29, 1.82) is 0 Å². The Morgan fingerprint density at radius 2 is 1.61 bits per heavy atom. The van der Waals surface area contributed by atoms with Crippen LogP contribution in [-0.2, 0) is 16.0 Å². The van der Waals surface area contributed by atoms with Gasteiger partial charge in [0.2, 0.25) is 5.91 Å². The number of benzene rings is 3. The Hall–Kier alpha value is -4.10. The van der Waals surface area contributed by atoms with Crippen molar-refractivity contribution in [1.82, 2.24) is 10.2 Å². The van der Waals surface area contributed by atoms with E-state index in [2.05, 4.69) is 35.7 Å². The SMILES string of the molecule is CC(C)[C@H]1COCCCCCC=CCOc2ccc(cc2)C[C@@H](N(CC2c3ccccc3-c3ccccc32)C(=O)O)C(=O)N1. The third-order valence-corrected chi connectivity index (χ3v) is 8.72. The minimum absolute atomic E-state index is 0.117. The van der Waals surface area contributed by atoms with Crippen LogP contribution in [-0.4, -0.2) is 60.5 Å². The Morgan fingerprint density at radius 1 is 0.932 bits per heavy atom. The molecular weight excluding hydrogens is 552 g/mol. The number of amides is 2. The van der Waals surface area contributed by atoms with Gasteiger partial charge in [-0.2, -0.15) is 0 Å².